The van der Waals surface area contributed by atoms with Crippen molar-refractivity contribution in [1.82, 2.24) is 9.62 Å². The Bertz CT molecular complexity index is 786. The van der Waals surface area contributed by atoms with Crippen molar-refractivity contribution in [2.75, 3.05) is 21.2 Å². The summed E-state index contributed by atoms with van der Waals surface area (Å²) in [4.78, 5) is 14.0. The fourth-order valence-electron chi connectivity index (χ4n) is 2.08. The van der Waals surface area contributed by atoms with E-state index >= 15 is 0 Å². The number of amides is 1. The Morgan fingerprint density at radius 2 is 2.09 bits per heavy atom. The summed E-state index contributed by atoms with van der Waals surface area (Å²) in [5.74, 6) is -0.0669. The Labute approximate surface area is 139 Å². The Hall–Kier alpha value is -1.90. The number of thiophene rings is 1. The molecular weight excluding hydrogens is 336 g/mol. The zero-order valence-electron chi connectivity index (χ0n) is 13.1. The number of hydrogen-bond donors (Lipinski definition) is 1. The van der Waals surface area contributed by atoms with Crippen molar-refractivity contribution in [2.45, 2.75) is 11.4 Å². The van der Waals surface area contributed by atoms with E-state index in [0.29, 0.717) is 6.54 Å². The van der Waals surface area contributed by atoms with Crippen molar-refractivity contribution in [1.29, 1.82) is 0 Å². The van der Waals surface area contributed by atoms with E-state index in [9.17, 15) is 13.2 Å². The molecule has 2 rings (SSSR count). The SMILES string of the molecule is CNS(=O)(=O)c1cc(C(=O)N(C)Cc2ccsc2)ccc1OC. The van der Waals surface area contributed by atoms with Gasteiger partial charge in [0.15, 0.2) is 0 Å². The smallest absolute Gasteiger partial charge is 0.253 e. The second-order valence-electron chi connectivity index (χ2n) is 4.87. The Morgan fingerprint density at radius 1 is 1.35 bits per heavy atom. The van der Waals surface area contributed by atoms with Gasteiger partial charge < -0.3 is 9.64 Å². The summed E-state index contributed by atoms with van der Waals surface area (Å²) in [6.45, 7) is 0.461. The lowest BCUT2D eigenvalue weighted by molar-refractivity contribution is 0.0785. The maximum absolute atomic E-state index is 12.5. The monoisotopic (exact) mass is 354 g/mol. The largest absolute Gasteiger partial charge is 0.495 e. The van der Waals surface area contributed by atoms with E-state index in [0.717, 1.165) is 5.56 Å². The van der Waals surface area contributed by atoms with Crippen molar-refractivity contribution in [3.05, 3.63) is 46.2 Å². The average Bonchev–Trinajstić information content (AvgIpc) is 3.06. The van der Waals surface area contributed by atoms with Gasteiger partial charge in [-0.25, -0.2) is 13.1 Å². The van der Waals surface area contributed by atoms with Crippen LogP contribution in [0, 0.1) is 0 Å². The number of methoxy groups -OCH3 is 1. The summed E-state index contributed by atoms with van der Waals surface area (Å²) < 4.78 is 31.4. The van der Waals surface area contributed by atoms with E-state index in [-0.39, 0.29) is 22.1 Å². The summed E-state index contributed by atoms with van der Waals surface area (Å²) >= 11 is 1.56. The normalized spacial score (nSPS) is 11.3. The van der Waals surface area contributed by atoms with Crippen molar-refractivity contribution in [3.63, 3.8) is 0 Å². The number of nitrogens with zero attached hydrogens (tertiary/aromatic N) is 1. The molecule has 8 heteroatoms. The molecule has 0 fully saturated rings. The Kier molecular flexibility index (Phi) is 5.40. The molecule has 0 saturated carbocycles. The molecule has 0 saturated heterocycles. The van der Waals surface area contributed by atoms with Crippen LogP contribution in [0.5, 0.6) is 5.75 Å². The van der Waals surface area contributed by atoms with Crippen molar-refractivity contribution in [3.8, 4) is 5.75 Å². The lowest BCUT2D eigenvalue weighted by Gasteiger charge is -2.17. The maximum Gasteiger partial charge on any atom is 0.253 e. The minimum absolute atomic E-state index is 0.0581. The highest BCUT2D eigenvalue weighted by molar-refractivity contribution is 7.89. The number of ether oxygens (including phenoxy) is 1. The molecule has 0 spiro atoms. The summed E-state index contributed by atoms with van der Waals surface area (Å²) in [6.07, 6.45) is 0. The van der Waals surface area contributed by atoms with Gasteiger partial charge in [-0.15, -0.1) is 0 Å². The van der Waals surface area contributed by atoms with Gasteiger partial charge >= 0.3 is 0 Å². The molecule has 6 nitrogen and oxygen atoms in total. The fourth-order valence-corrected chi connectivity index (χ4v) is 3.66. The molecular formula is C15H18N2O4S2. The van der Waals surface area contributed by atoms with Crippen LogP contribution in [0.1, 0.15) is 15.9 Å². The van der Waals surface area contributed by atoms with Crippen LogP contribution in [0.4, 0.5) is 0 Å². The molecule has 1 aromatic heterocycles. The minimum atomic E-state index is -3.72. The molecule has 1 heterocycles. The highest BCUT2D eigenvalue weighted by Crippen LogP contribution is 2.25. The van der Waals surface area contributed by atoms with Crippen LogP contribution in [-0.2, 0) is 16.6 Å². The molecule has 0 aliphatic rings. The van der Waals surface area contributed by atoms with Gasteiger partial charge in [-0.1, -0.05) is 0 Å². The molecule has 0 atom stereocenters. The second-order valence-corrected chi connectivity index (χ2v) is 7.50. The zero-order chi connectivity index (χ0) is 17.0. The van der Waals surface area contributed by atoms with E-state index in [1.807, 2.05) is 16.8 Å². The van der Waals surface area contributed by atoms with Gasteiger partial charge in [0.05, 0.1) is 7.11 Å². The summed E-state index contributed by atoms with van der Waals surface area (Å²) in [5, 5.41) is 3.91. The van der Waals surface area contributed by atoms with Gasteiger partial charge in [-0.2, -0.15) is 11.3 Å². The number of carbonyl (C=O) groups excluding carboxylic acids is 1. The fraction of sp³-hybridized carbons (Fsp3) is 0.267. The van der Waals surface area contributed by atoms with Crippen LogP contribution in [0.2, 0.25) is 0 Å². The summed E-state index contributed by atoms with van der Waals surface area (Å²) in [7, 11) is 0.655. The van der Waals surface area contributed by atoms with Crippen molar-refractivity contribution >= 4 is 27.3 Å². The lowest BCUT2D eigenvalue weighted by Crippen LogP contribution is -2.26. The molecule has 0 unspecified atom stereocenters. The van der Waals surface area contributed by atoms with Gasteiger partial charge in [0, 0.05) is 19.2 Å². The Balaban J connectivity index is 2.32. The van der Waals surface area contributed by atoms with Crippen LogP contribution >= 0.6 is 11.3 Å². The molecule has 1 N–H and O–H groups in total. The van der Waals surface area contributed by atoms with Crippen LogP contribution in [0.3, 0.4) is 0 Å². The zero-order valence-corrected chi connectivity index (χ0v) is 14.7. The van der Waals surface area contributed by atoms with E-state index in [1.54, 1.807) is 29.4 Å². The standard InChI is InChI=1S/C15H18N2O4S2/c1-16-23(19,20)14-8-12(4-5-13(14)21-3)15(18)17(2)9-11-6-7-22-10-11/h4-8,10,16H,9H2,1-3H3. The first kappa shape index (κ1) is 17.5. The number of carbonyl (C=O) groups is 1. The van der Waals surface area contributed by atoms with Gasteiger partial charge in [0.1, 0.15) is 10.6 Å². The van der Waals surface area contributed by atoms with Gasteiger partial charge in [0.25, 0.3) is 5.91 Å². The van der Waals surface area contributed by atoms with Crippen LogP contribution < -0.4 is 9.46 Å². The van der Waals surface area contributed by atoms with Gasteiger partial charge in [0.2, 0.25) is 10.0 Å². The highest BCUT2D eigenvalue weighted by Gasteiger charge is 2.21. The molecule has 0 bridgehead atoms. The van der Waals surface area contributed by atoms with E-state index in [4.69, 9.17) is 4.74 Å². The maximum atomic E-state index is 12.5. The third-order valence-corrected chi connectivity index (χ3v) is 5.48. The topological polar surface area (TPSA) is 75.7 Å². The summed E-state index contributed by atoms with van der Waals surface area (Å²) in [5.41, 5.74) is 1.32. The minimum Gasteiger partial charge on any atom is -0.495 e. The number of hydrogen-bond acceptors (Lipinski definition) is 5. The predicted octanol–water partition coefficient (Wildman–Crippen LogP) is 1.94. The first-order valence-corrected chi connectivity index (χ1v) is 9.19. The second kappa shape index (κ2) is 7.12. The van der Waals surface area contributed by atoms with Crippen molar-refractivity contribution in [2.24, 2.45) is 0 Å². The predicted molar refractivity (Wildman–Crippen MR) is 89.4 cm³/mol. The van der Waals surface area contributed by atoms with Gasteiger partial charge in [-0.3, -0.25) is 4.79 Å². The molecule has 1 aromatic carbocycles. The summed E-state index contributed by atoms with van der Waals surface area (Å²) in [6, 6.07) is 6.31. The van der Waals surface area contributed by atoms with E-state index in [2.05, 4.69) is 4.72 Å². The number of nitrogens with one attached hydrogen (secondary N) is 1. The number of rotatable bonds is 6. The molecule has 124 valence electrons. The van der Waals surface area contributed by atoms with Crippen molar-refractivity contribution < 1.29 is 17.9 Å². The molecule has 0 aliphatic carbocycles. The van der Waals surface area contributed by atoms with E-state index in [1.165, 1.54) is 26.3 Å². The number of sulfonamides is 1. The lowest BCUT2D eigenvalue weighted by atomic mass is 10.2. The van der Waals surface area contributed by atoms with Crippen LogP contribution in [-0.4, -0.2) is 40.4 Å². The van der Waals surface area contributed by atoms with Crippen LogP contribution in [0.15, 0.2) is 39.9 Å². The first-order valence-electron chi connectivity index (χ1n) is 6.77. The molecule has 23 heavy (non-hydrogen) atoms. The quantitative estimate of drug-likeness (QED) is 0.860. The molecule has 0 aliphatic heterocycles. The van der Waals surface area contributed by atoms with Crippen LogP contribution in [0.25, 0.3) is 0 Å². The molecule has 1 amide bonds. The third kappa shape index (κ3) is 3.90. The average molecular weight is 354 g/mol. The molecule has 2 aromatic rings. The van der Waals surface area contributed by atoms with Gasteiger partial charge in [-0.05, 0) is 47.6 Å². The highest BCUT2D eigenvalue weighted by atomic mass is 32.2. The van der Waals surface area contributed by atoms with E-state index < -0.39 is 10.0 Å². The Morgan fingerprint density at radius 3 is 2.65 bits per heavy atom. The number of benzene rings is 1. The molecule has 0 radical (unpaired) electrons. The third-order valence-electron chi connectivity index (χ3n) is 3.32. The first-order chi connectivity index (χ1) is 10.9.